The van der Waals surface area contributed by atoms with Gasteiger partial charge in [-0.2, -0.15) is 0 Å². The van der Waals surface area contributed by atoms with E-state index in [-0.39, 0.29) is 5.82 Å². The Balaban J connectivity index is 1.80. The predicted molar refractivity (Wildman–Crippen MR) is 97.3 cm³/mol. The summed E-state index contributed by atoms with van der Waals surface area (Å²) in [6.45, 7) is 6.62. The molecular weight excluding hydrogens is 283 g/mol. The maximum atomic E-state index is 13.3. The van der Waals surface area contributed by atoms with E-state index in [2.05, 4.69) is 45.0 Å². The van der Waals surface area contributed by atoms with Crippen molar-refractivity contribution in [1.82, 2.24) is 0 Å². The molecule has 0 aromatic heterocycles. The first-order chi connectivity index (χ1) is 11.1. The van der Waals surface area contributed by atoms with E-state index in [9.17, 15) is 4.39 Å². The van der Waals surface area contributed by atoms with Gasteiger partial charge in [-0.3, -0.25) is 0 Å². The topological polar surface area (TPSA) is 0 Å². The molecule has 0 heterocycles. The highest BCUT2D eigenvalue weighted by molar-refractivity contribution is 5.22. The lowest BCUT2D eigenvalue weighted by atomic mass is 9.88. The number of hydrogen-bond donors (Lipinski definition) is 0. The molecule has 0 fully saturated rings. The second-order valence-electron chi connectivity index (χ2n) is 6.85. The zero-order chi connectivity index (χ0) is 16.7. The van der Waals surface area contributed by atoms with E-state index in [0.717, 1.165) is 17.9 Å². The monoisotopic (exact) mass is 312 g/mol. The van der Waals surface area contributed by atoms with Gasteiger partial charge in [-0.25, -0.2) is 4.39 Å². The molecule has 0 aliphatic heterocycles. The van der Waals surface area contributed by atoms with Crippen LogP contribution >= 0.6 is 0 Å². The summed E-state index contributed by atoms with van der Waals surface area (Å²) in [6.07, 6.45) is 5.99. The summed E-state index contributed by atoms with van der Waals surface area (Å²) in [5.41, 5.74) is 3.89. The Morgan fingerprint density at radius 3 is 2.39 bits per heavy atom. The molecule has 2 aromatic rings. The first-order valence-corrected chi connectivity index (χ1v) is 8.89. The standard InChI is InChI=1S/C22H29F/c1-4-19(15-20-13-11-17(2)12-14-20)8-5-7-18(3)21-9-6-10-22(23)16-21/h6,9-14,16,18-19H,4-5,7-8,15H2,1-3H3/t18-,19-/m0/s1. The molecular formula is C22H29F. The number of benzene rings is 2. The van der Waals surface area contributed by atoms with Crippen LogP contribution in [0, 0.1) is 18.7 Å². The molecule has 0 amide bonds. The Morgan fingerprint density at radius 1 is 1.00 bits per heavy atom. The number of hydrogen-bond acceptors (Lipinski definition) is 0. The molecule has 0 unspecified atom stereocenters. The van der Waals surface area contributed by atoms with Crippen LogP contribution in [0.4, 0.5) is 4.39 Å². The van der Waals surface area contributed by atoms with Gasteiger partial charge in [-0.05, 0) is 54.9 Å². The quantitative estimate of drug-likeness (QED) is 0.510. The molecule has 0 nitrogen and oxygen atoms in total. The molecule has 0 N–H and O–H groups in total. The van der Waals surface area contributed by atoms with Crippen molar-refractivity contribution < 1.29 is 4.39 Å². The minimum atomic E-state index is -0.125. The van der Waals surface area contributed by atoms with Crippen molar-refractivity contribution in [3.05, 3.63) is 71.0 Å². The Morgan fingerprint density at radius 2 is 1.74 bits per heavy atom. The van der Waals surface area contributed by atoms with E-state index in [1.807, 2.05) is 12.1 Å². The van der Waals surface area contributed by atoms with Crippen molar-refractivity contribution in [2.75, 3.05) is 0 Å². The highest BCUT2D eigenvalue weighted by atomic mass is 19.1. The lowest BCUT2D eigenvalue weighted by molar-refractivity contribution is 0.433. The Labute approximate surface area is 140 Å². The second-order valence-corrected chi connectivity index (χ2v) is 6.85. The SMILES string of the molecule is CC[C@@H](CCC[C@H](C)c1cccc(F)c1)Cc1ccc(C)cc1. The highest BCUT2D eigenvalue weighted by Gasteiger charge is 2.10. The first kappa shape index (κ1) is 17.7. The molecule has 23 heavy (non-hydrogen) atoms. The van der Waals surface area contributed by atoms with E-state index < -0.39 is 0 Å². The molecule has 0 bridgehead atoms. The summed E-state index contributed by atoms with van der Waals surface area (Å²) in [5, 5.41) is 0. The van der Waals surface area contributed by atoms with Gasteiger partial charge in [0.1, 0.15) is 5.82 Å². The molecule has 0 radical (unpaired) electrons. The fourth-order valence-electron chi connectivity index (χ4n) is 3.20. The third kappa shape index (κ3) is 5.82. The van der Waals surface area contributed by atoms with E-state index in [4.69, 9.17) is 0 Å². The Kier molecular flexibility index (Phi) is 6.83. The van der Waals surface area contributed by atoms with E-state index in [1.54, 1.807) is 6.07 Å². The largest absolute Gasteiger partial charge is 0.207 e. The minimum Gasteiger partial charge on any atom is -0.207 e. The van der Waals surface area contributed by atoms with Gasteiger partial charge >= 0.3 is 0 Å². The minimum absolute atomic E-state index is 0.125. The van der Waals surface area contributed by atoms with E-state index in [1.165, 1.54) is 42.9 Å². The van der Waals surface area contributed by atoms with Gasteiger partial charge in [0.25, 0.3) is 0 Å². The Hall–Kier alpha value is -1.63. The summed E-state index contributed by atoms with van der Waals surface area (Å²) in [4.78, 5) is 0. The maximum absolute atomic E-state index is 13.3. The van der Waals surface area contributed by atoms with Crippen molar-refractivity contribution >= 4 is 0 Å². The van der Waals surface area contributed by atoms with Gasteiger partial charge in [0.2, 0.25) is 0 Å². The van der Waals surface area contributed by atoms with Gasteiger partial charge < -0.3 is 0 Å². The van der Waals surface area contributed by atoms with Gasteiger partial charge in [0.15, 0.2) is 0 Å². The molecule has 0 spiro atoms. The third-order valence-corrected chi connectivity index (χ3v) is 4.89. The van der Waals surface area contributed by atoms with Gasteiger partial charge in [-0.1, -0.05) is 75.1 Å². The fourth-order valence-corrected chi connectivity index (χ4v) is 3.20. The van der Waals surface area contributed by atoms with Gasteiger partial charge in [-0.15, -0.1) is 0 Å². The van der Waals surface area contributed by atoms with E-state index >= 15 is 0 Å². The predicted octanol–water partition coefficient (Wildman–Crippen LogP) is 6.68. The zero-order valence-corrected chi connectivity index (χ0v) is 14.7. The lowest BCUT2D eigenvalue weighted by Crippen LogP contribution is -2.04. The number of halogens is 1. The Bertz CT molecular complexity index is 585. The van der Waals surface area contributed by atoms with Crippen LogP contribution < -0.4 is 0 Å². The van der Waals surface area contributed by atoms with Crippen LogP contribution in [0.2, 0.25) is 0 Å². The molecule has 2 atom stereocenters. The zero-order valence-electron chi connectivity index (χ0n) is 14.7. The average Bonchev–Trinajstić information content (AvgIpc) is 2.55. The third-order valence-electron chi connectivity index (χ3n) is 4.89. The van der Waals surface area contributed by atoms with Crippen LogP contribution in [-0.4, -0.2) is 0 Å². The van der Waals surface area contributed by atoms with E-state index in [0.29, 0.717) is 5.92 Å². The molecule has 0 saturated heterocycles. The van der Waals surface area contributed by atoms with Crippen molar-refractivity contribution in [3.8, 4) is 0 Å². The summed E-state index contributed by atoms with van der Waals surface area (Å²) in [7, 11) is 0. The highest BCUT2D eigenvalue weighted by Crippen LogP contribution is 2.25. The number of aryl methyl sites for hydroxylation is 1. The van der Waals surface area contributed by atoms with Crippen LogP contribution in [0.5, 0.6) is 0 Å². The molecule has 0 saturated carbocycles. The molecule has 1 heteroatoms. The smallest absolute Gasteiger partial charge is 0.123 e. The maximum Gasteiger partial charge on any atom is 0.123 e. The average molecular weight is 312 g/mol. The summed E-state index contributed by atoms with van der Waals surface area (Å²) >= 11 is 0. The summed E-state index contributed by atoms with van der Waals surface area (Å²) in [5.74, 6) is 1.06. The lowest BCUT2D eigenvalue weighted by Gasteiger charge is -2.17. The normalized spacial score (nSPS) is 13.7. The molecule has 0 aliphatic rings. The number of rotatable bonds is 8. The fraction of sp³-hybridized carbons (Fsp3) is 0.455. The van der Waals surface area contributed by atoms with Gasteiger partial charge in [0.05, 0.1) is 0 Å². The van der Waals surface area contributed by atoms with Crippen molar-refractivity contribution in [1.29, 1.82) is 0 Å². The van der Waals surface area contributed by atoms with Crippen LogP contribution in [-0.2, 0) is 6.42 Å². The molecule has 0 aliphatic carbocycles. The van der Waals surface area contributed by atoms with Crippen LogP contribution in [0.25, 0.3) is 0 Å². The van der Waals surface area contributed by atoms with Crippen molar-refractivity contribution in [2.24, 2.45) is 5.92 Å². The first-order valence-electron chi connectivity index (χ1n) is 8.89. The molecule has 2 aromatic carbocycles. The van der Waals surface area contributed by atoms with Crippen molar-refractivity contribution in [2.45, 2.75) is 58.8 Å². The van der Waals surface area contributed by atoms with Crippen LogP contribution in [0.15, 0.2) is 48.5 Å². The molecule has 2 rings (SSSR count). The van der Waals surface area contributed by atoms with Crippen LogP contribution in [0.3, 0.4) is 0 Å². The van der Waals surface area contributed by atoms with Crippen molar-refractivity contribution in [3.63, 3.8) is 0 Å². The van der Waals surface area contributed by atoms with Gasteiger partial charge in [0, 0.05) is 0 Å². The second kappa shape index (κ2) is 8.86. The summed E-state index contributed by atoms with van der Waals surface area (Å²) in [6, 6.07) is 16.0. The van der Waals surface area contributed by atoms with Crippen LogP contribution in [0.1, 0.15) is 62.1 Å². The molecule has 124 valence electrons. The summed E-state index contributed by atoms with van der Waals surface area (Å²) < 4.78 is 13.3.